The van der Waals surface area contributed by atoms with Crippen molar-refractivity contribution in [1.82, 2.24) is 0 Å². The highest BCUT2D eigenvalue weighted by molar-refractivity contribution is 5.99. The van der Waals surface area contributed by atoms with Gasteiger partial charge in [0.25, 0.3) is 5.91 Å². The Bertz CT molecular complexity index is 946. The van der Waals surface area contributed by atoms with Gasteiger partial charge in [-0.3, -0.25) is 9.59 Å². The molecule has 1 heterocycles. The van der Waals surface area contributed by atoms with Crippen LogP contribution in [0.2, 0.25) is 0 Å². The number of fused-ring (bicyclic) bond motifs is 1. The van der Waals surface area contributed by atoms with E-state index in [9.17, 15) is 9.59 Å². The summed E-state index contributed by atoms with van der Waals surface area (Å²) in [5.41, 5.74) is 3.68. The number of benzene rings is 2. The minimum atomic E-state index is -0.0769. The molecule has 1 fully saturated rings. The van der Waals surface area contributed by atoms with Gasteiger partial charge in [0.1, 0.15) is 5.75 Å². The molecule has 1 aliphatic heterocycles. The maximum Gasteiger partial charge on any atom is 0.265 e. The van der Waals surface area contributed by atoms with E-state index in [4.69, 9.17) is 4.74 Å². The quantitative estimate of drug-likeness (QED) is 0.594. The van der Waals surface area contributed by atoms with Gasteiger partial charge >= 0.3 is 0 Å². The molecule has 2 aromatic rings. The monoisotopic (exact) mass is 434 g/mol. The Morgan fingerprint density at radius 3 is 2.56 bits per heavy atom. The van der Waals surface area contributed by atoms with Crippen molar-refractivity contribution in [3.63, 3.8) is 0 Å². The molecule has 2 amide bonds. The van der Waals surface area contributed by atoms with Crippen LogP contribution in [0.1, 0.15) is 63.0 Å². The van der Waals surface area contributed by atoms with Crippen molar-refractivity contribution in [2.75, 3.05) is 16.8 Å². The van der Waals surface area contributed by atoms with Crippen molar-refractivity contribution in [3.05, 3.63) is 53.6 Å². The van der Waals surface area contributed by atoms with Crippen LogP contribution in [0.5, 0.6) is 5.75 Å². The van der Waals surface area contributed by atoms with Gasteiger partial charge in [-0.2, -0.15) is 0 Å². The number of carbonyl (C=O) groups is 2. The zero-order valence-electron chi connectivity index (χ0n) is 19.2. The predicted octanol–water partition coefficient (Wildman–Crippen LogP) is 5.86. The van der Waals surface area contributed by atoms with Crippen molar-refractivity contribution < 1.29 is 14.3 Å². The molecule has 5 nitrogen and oxygen atoms in total. The minimum Gasteiger partial charge on any atom is -0.482 e. The number of ether oxygens (including phenoxy) is 1. The van der Waals surface area contributed by atoms with Gasteiger partial charge in [0.05, 0.1) is 12.2 Å². The van der Waals surface area contributed by atoms with E-state index in [-0.39, 0.29) is 24.3 Å². The SMILES string of the molecule is CCCCC1CCC(C(=O)Nc2ccc3c(c2)N(Cc2ccc(C)cc2)C(=O)CO3)CC1. The molecule has 2 aliphatic rings. The summed E-state index contributed by atoms with van der Waals surface area (Å²) in [6.07, 6.45) is 8.05. The first kappa shape index (κ1) is 22.4. The van der Waals surface area contributed by atoms with Crippen LogP contribution in [0.15, 0.2) is 42.5 Å². The number of amides is 2. The minimum absolute atomic E-state index is 0.0336. The van der Waals surface area contributed by atoms with Gasteiger partial charge in [0, 0.05) is 11.6 Å². The van der Waals surface area contributed by atoms with E-state index >= 15 is 0 Å². The summed E-state index contributed by atoms with van der Waals surface area (Å²) < 4.78 is 5.64. The van der Waals surface area contributed by atoms with Gasteiger partial charge in [0.15, 0.2) is 6.61 Å². The van der Waals surface area contributed by atoms with Crippen LogP contribution in [-0.4, -0.2) is 18.4 Å². The number of carbonyl (C=O) groups excluding carboxylic acids is 2. The molecule has 1 N–H and O–H groups in total. The Morgan fingerprint density at radius 2 is 1.84 bits per heavy atom. The lowest BCUT2D eigenvalue weighted by atomic mass is 9.79. The molecule has 5 heteroatoms. The zero-order valence-corrected chi connectivity index (χ0v) is 19.2. The smallest absolute Gasteiger partial charge is 0.265 e. The maximum absolute atomic E-state index is 12.9. The van der Waals surface area contributed by atoms with Gasteiger partial charge < -0.3 is 15.0 Å². The summed E-state index contributed by atoms with van der Waals surface area (Å²) in [6.45, 7) is 4.80. The summed E-state index contributed by atoms with van der Waals surface area (Å²) in [7, 11) is 0. The first-order chi connectivity index (χ1) is 15.5. The van der Waals surface area contributed by atoms with E-state index in [1.807, 2.05) is 37.3 Å². The van der Waals surface area contributed by atoms with Crippen LogP contribution in [0.4, 0.5) is 11.4 Å². The molecule has 0 atom stereocenters. The lowest BCUT2D eigenvalue weighted by Crippen LogP contribution is -2.38. The topological polar surface area (TPSA) is 58.6 Å². The Kier molecular flexibility index (Phi) is 7.13. The van der Waals surface area contributed by atoms with E-state index in [2.05, 4.69) is 24.4 Å². The predicted molar refractivity (Wildman–Crippen MR) is 128 cm³/mol. The van der Waals surface area contributed by atoms with E-state index in [1.165, 1.54) is 24.8 Å². The molecule has 0 aromatic heterocycles. The highest BCUT2D eigenvalue weighted by atomic mass is 16.5. The van der Waals surface area contributed by atoms with E-state index in [0.29, 0.717) is 23.7 Å². The Balaban J connectivity index is 1.43. The molecule has 0 spiro atoms. The Morgan fingerprint density at radius 1 is 1.09 bits per heavy atom. The van der Waals surface area contributed by atoms with Crippen LogP contribution in [0.25, 0.3) is 0 Å². The van der Waals surface area contributed by atoms with E-state index in [0.717, 1.165) is 37.2 Å². The van der Waals surface area contributed by atoms with Crippen LogP contribution < -0.4 is 15.0 Å². The van der Waals surface area contributed by atoms with Crippen molar-refractivity contribution in [3.8, 4) is 5.75 Å². The standard InChI is InChI=1S/C27H34N2O3/c1-3-4-5-20-10-12-22(13-11-20)27(31)28-23-14-15-25-24(16-23)29(26(30)18-32-25)17-21-8-6-19(2)7-9-21/h6-9,14-16,20,22H,3-5,10-13,17-18H2,1-2H3,(H,28,31). The Labute approximate surface area is 191 Å². The molecular formula is C27H34N2O3. The van der Waals surface area contributed by atoms with Crippen molar-refractivity contribution in [2.24, 2.45) is 11.8 Å². The summed E-state index contributed by atoms with van der Waals surface area (Å²) in [4.78, 5) is 27.3. The average molecular weight is 435 g/mol. The third-order valence-electron chi connectivity index (χ3n) is 6.81. The highest BCUT2D eigenvalue weighted by Crippen LogP contribution is 2.37. The van der Waals surface area contributed by atoms with E-state index < -0.39 is 0 Å². The molecule has 170 valence electrons. The molecule has 2 aromatic carbocycles. The van der Waals surface area contributed by atoms with Gasteiger partial charge in [0.2, 0.25) is 5.91 Å². The van der Waals surface area contributed by atoms with Crippen LogP contribution in [-0.2, 0) is 16.1 Å². The van der Waals surface area contributed by atoms with Crippen molar-refractivity contribution in [2.45, 2.75) is 65.3 Å². The summed E-state index contributed by atoms with van der Waals surface area (Å²) in [6, 6.07) is 13.8. The molecule has 0 radical (unpaired) electrons. The van der Waals surface area contributed by atoms with Gasteiger partial charge in [-0.15, -0.1) is 0 Å². The zero-order chi connectivity index (χ0) is 22.5. The maximum atomic E-state index is 12.9. The molecule has 1 saturated carbocycles. The molecule has 4 rings (SSSR count). The normalized spacial score (nSPS) is 20.4. The molecule has 1 aliphatic carbocycles. The number of unbranched alkanes of at least 4 members (excludes halogenated alkanes) is 1. The van der Waals surface area contributed by atoms with Crippen molar-refractivity contribution in [1.29, 1.82) is 0 Å². The summed E-state index contributed by atoms with van der Waals surface area (Å²) in [5, 5.41) is 3.09. The first-order valence-corrected chi connectivity index (χ1v) is 12.0. The number of hydrogen-bond acceptors (Lipinski definition) is 3. The molecule has 32 heavy (non-hydrogen) atoms. The second kappa shape index (κ2) is 10.2. The third-order valence-corrected chi connectivity index (χ3v) is 6.81. The van der Waals surface area contributed by atoms with Gasteiger partial charge in [-0.05, 0) is 62.3 Å². The summed E-state index contributed by atoms with van der Waals surface area (Å²) >= 11 is 0. The van der Waals surface area contributed by atoms with Gasteiger partial charge in [-0.1, -0.05) is 56.0 Å². The van der Waals surface area contributed by atoms with E-state index in [1.54, 1.807) is 4.90 Å². The van der Waals surface area contributed by atoms with Crippen LogP contribution >= 0.6 is 0 Å². The lowest BCUT2D eigenvalue weighted by molar-refractivity contribution is -0.121. The summed E-state index contributed by atoms with van der Waals surface area (Å²) in [5.74, 6) is 1.54. The number of aryl methyl sites for hydroxylation is 1. The lowest BCUT2D eigenvalue weighted by Gasteiger charge is -2.30. The fraction of sp³-hybridized carbons (Fsp3) is 0.481. The second-order valence-electron chi connectivity index (χ2n) is 9.29. The van der Waals surface area contributed by atoms with Gasteiger partial charge in [-0.25, -0.2) is 0 Å². The Hall–Kier alpha value is -2.82. The highest BCUT2D eigenvalue weighted by Gasteiger charge is 2.28. The van der Waals surface area contributed by atoms with Crippen LogP contribution in [0, 0.1) is 18.8 Å². The number of anilines is 2. The third kappa shape index (κ3) is 5.32. The number of rotatable bonds is 7. The van der Waals surface area contributed by atoms with Crippen LogP contribution in [0.3, 0.4) is 0 Å². The number of hydrogen-bond donors (Lipinski definition) is 1. The fourth-order valence-electron chi connectivity index (χ4n) is 4.78. The first-order valence-electron chi connectivity index (χ1n) is 12.0. The molecule has 0 saturated heterocycles. The molecule has 0 bridgehead atoms. The average Bonchev–Trinajstić information content (AvgIpc) is 2.81. The largest absolute Gasteiger partial charge is 0.482 e. The van der Waals surface area contributed by atoms with Crippen molar-refractivity contribution >= 4 is 23.2 Å². The second-order valence-corrected chi connectivity index (χ2v) is 9.29. The number of nitrogens with one attached hydrogen (secondary N) is 1. The fourth-order valence-corrected chi connectivity index (χ4v) is 4.78. The molecule has 0 unspecified atom stereocenters. The molecular weight excluding hydrogens is 400 g/mol. The number of nitrogens with zero attached hydrogens (tertiary/aromatic N) is 1.